The van der Waals surface area contributed by atoms with Crippen molar-refractivity contribution in [1.29, 1.82) is 0 Å². The molecule has 4 aromatic rings. The lowest BCUT2D eigenvalue weighted by atomic mass is 10.1. The van der Waals surface area contributed by atoms with E-state index in [9.17, 15) is 19.2 Å². The monoisotopic (exact) mass is 546 g/mol. The second kappa shape index (κ2) is 10.4. The van der Waals surface area contributed by atoms with Gasteiger partial charge in [0.05, 0.1) is 32.6 Å². The molecule has 2 aromatic carbocycles. The minimum atomic E-state index is -0.513. The van der Waals surface area contributed by atoms with E-state index in [0.29, 0.717) is 26.3 Å². The summed E-state index contributed by atoms with van der Waals surface area (Å²) in [6, 6.07) is 18.0. The molecule has 0 fully saturated rings. The average molecular weight is 547 g/mol. The lowest BCUT2D eigenvalue weighted by Gasteiger charge is -2.15. The number of nitrogens with zero attached hydrogens (tertiary/aromatic N) is 2. The molecular weight excluding hydrogens is 528 g/mol. The Morgan fingerprint density at radius 3 is 2.53 bits per heavy atom. The smallest absolute Gasteiger partial charge is 0.269 e. The number of amides is 4. The van der Waals surface area contributed by atoms with Crippen LogP contribution >= 0.6 is 22.9 Å². The van der Waals surface area contributed by atoms with Gasteiger partial charge in [-0.3, -0.25) is 29.1 Å². The number of hydrogen-bond acceptors (Lipinski definition) is 7. The van der Waals surface area contributed by atoms with E-state index in [1.807, 2.05) is 0 Å². The Labute approximate surface area is 226 Å². The molecular formula is C27H19ClN4O5S. The number of halogens is 1. The molecule has 0 radical (unpaired) electrons. The Morgan fingerprint density at radius 2 is 1.76 bits per heavy atom. The first-order valence-corrected chi connectivity index (χ1v) is 12.5. The van der Waals surface area contributed by atoms with Gasteiger partial charge in [0.25, 0.3) is 23.6 Å². The first-order valence-electron chi connectivity index (χ1n) is 11.3. The van der Waals surface area contributed by atoms with E-state index in [-0.39, 0.29) is 35.0 Å². The van der Waals surface area contributed by atoms with Crippen LogP contribution in [0, 0.1) is 0 Å². The van der Waals surface area contributed by atoms with Gasteiger partial charge >= 0.3 is 0 Å². The standard InChI is InChI=1S/C27H19ClN4O5S/c1-29-24(33)20-13-17(10-11-30-20)37-16-5-2-4-15(12-16)14-32-26(35)18-6-3-7-19(23(18)27(32)36)31-25(34)21-8-9-22(28)38-21/h2-13H,14H2,1H3,(H,29,33)(H,31,34). The van der Waals surface area contributed by atoms with Gasteiger partial charge in [0.1, 0.15) is 17.2 Å². The van der Waals surface area contributed by atoms with Gasteiger partial charge in [-0.2, -0.15) is 0 Å². The van der Waals surface area contributed by atoms with Crippen LogP contribution in [0.2, 0.25) is 4.34 Å². The third-order valence-electron chi connectivity index (χ3n) is 5.71. The highest BCUT2D eigenvalue weighted by atomic mass is 35.5. The van der Waals surface area contributed by atoms with Crippen LogP contribution in [-0.2, 0) is 6.54 Å². The number of benzene rings is 2. The van der Waals surface area contributed by atoms with Crippen LogP contribution in [0.15, 0.2) is 72.9 Å². The number of ether oxygens (including phenoxy) is 1. The zero-order valence-electron chi connectivity index (χ0n) is 19.9. The molecule has 0 saturated carbocycles. The topological polar surface area (TPSA) is 118 Å². The summed E-state index contributed by atoms with van der Waals surface area (Å²) in [6.07, 6.45) is 1.46. The summed E-state index contributed by atoms with van der Waals surface area (Å²) in [5.74, 6) is -0.879. The van der Waals surface area contributed by atoms with Gasteiger partial charge < -0.3 is 15.4 Å². The molecule has 0 bridgehead atoms. The molecule has 5 rings (SSSR count). The third-order valence-corrected chi connectivity index (χ3v) is 6.94. The fourth-order valence-corrected chi connectivity index (χ4v) is 4.89. The summed E-state index contributed by atoms with van der Waals surface area (Å²) in [5.41, 5.74) is 1.45. The summed E-state index contributed by atoms with van der Waals surface area (Å²) >= 11 is 7.04. The molecule has 9 nitrogen and oxygen atoms in total. The highest BCUT2D eigenvalue weighted by molar-refractivity contribution is 7.18. The number of hydrogen-bond donors (Lipinski definition) is 2. The largest absolute Gasteiger partial charge is 0.457 e. The van der Waals surface area contributed by atoms with E-state index in [1.54, 1.807) is 60.7 Å². The van der Waals surface area contributed by atoms with E-state index < -0.39 is 17.7 Å². The molecule has 0 saturated heterocycles. The van der Waals surface area contributed by atoms with E-state index >= 15 is 0 Å². The Morgan fingerprint density at radius 1 is 0.974 bits per heavy atom. The molecule has 3 heterocycles. The maximum Gasteiger partial charge on any atom is 0.269 e. The van der Waals surface area contributed by atoms with Crippen molar-refractivity contribution in [3.05, 3.63) is 105 Å². The van der Waals surface area contributed by atoms with E-state index in [0.717, 1.165) is 16.2 Å². The van der Waals surface area contributed by atoms with Crippen LogP contribution in [0.25, 0.3) is 0 Å². The van der Waals surface area contributed by atoms with Crippen LogP contribution in [0.3, 0.4) is 0 Å². The zero-order chi connectivity index (χ0) is 26.8. The summed E-state index contributed by atoms with van der Waals surface area (Å²) in [7, 11) is 1.51. The fraction of sp³-hybridized carbons (Fsp3) is 0.0741. The number of imide groups is 1. The molecule has 4 amide bonds. The van der Waals surface area contributed by atoms with Gasteiger partial charge in [-0.1, -0.05) is 29.8 Å². The maximum absolute atomic E-state index is 13.3. The average Bonchev–Trinajstić information content (AvgIpc) is 3.46. The molecule has 0 atom stereocenters. The molecule has 0 spiro atoms. The molecule has 11 heteroatoms. The fourth-order valence-electron chi connectivity index (χ4n) is 3.95. The number of thiophene rings is 1. The van der Waals surface area contributed by atoms with Gasteiger partial charge in [0.15, 0.2) is 0 Å². The summed E-state index contributed by atoms with van der Waals surface area (Å²) in [4.78, 5) is 56.5. The van der Waals surface area contributed by atoms with Crippen molar-refractivity contribution in [3.8, 4) is 11.5 Å². The van der Waals surface area contributed by atoms with Crippen LogP contribution in [0.5, 0.6) is 11.5 Å². The number of carbonyl (C=O) groups excluding carboxylic acids is 4. The second-order valence-corrected chi connectivity index (χ2v) is 9.90. The number of fused-ring (bicyclic) bond motifs is 1. The van der Waals surface area contributed by atoms with Crippen LogP contribution in [0.4, 0.5) is 5.69 Å². The number of nitrogens with one attached hydrogen (secondary N) is 2. The lowest BCUT2D eigenvalue weighted by molar-refractivity contribution is 0.0642. The van der Waals surface area contributed by atoms with Gasteiger partial charge in [0.2, 0.25) is 0 Å². The number of pyridine rings is 1. The normalized spacial score (nSPS) is 12.3. The minimum Gasteiger partial charge on any atom is -0.457 e. The van der Waals surface area contributed by atoms with Gasteiger partial charge in [-0.15, -0.1) is 11.3 Å². The number of aromatic nitrogens is 1. The molecule has 2 N–H and O–H groups in total. The molecule has 1 aliphatic rings. The quantitative estimate of drug-likeness (QED) is 0.315. The van der Waals surface area contributed by atoms with E-state index in [2.05, 4.69) is 15.6 Å². The Balaban J connectivity index is 1.34. The summed E-state index contributed by atoms with van der Waals surface area (Å²) < 4.78 is 6.34. The Bertz CT molecular complexity index is 1600. The molecule has 0 aliphatic carbocycles. The van der Waals surface area contributed by atoms with Crippen molar-refractivity contribution in [2.45, 2.75) is 6.54 Å². The number of anilines is 1. The third kappa shape index (κ3) is 4.99. The van der Waals surface area contributed by atoms with Gasteiger partial charge in [-0.05, 0) is 48.0 Å². The maximum atomic E-state index is 13.3. The number of rotatable bonds is 7. The highest BCUT2D eigenvalue weighted by Gasteiger charge is 2.37. The predicted octanol–water partition coefficient (Wildman–Crippen LogP) is 5.00. The first kappa shape index (κ1) is 25.1. The lowest BCUT2D eigenvalue weighted by Crippen LogP contribution is -2.29. The summed E-state index contributed by atoms with van der Waals surface area (Å²) in [5, 5.41) is 5.23. The molecule has 1 aliphatic heterocycles. The Hall–Kier alpha value is -4.54. The predicted molar refractivity (Wildman–Crippen MR) is 142 cm³/mol. The minimum absolute atomic E-state index is 0.00268. The van der Waals surface area contributed by atoms with Crippen molar-refractivity contribution >= 4 is 52.3 Å². The van der Waals surface area contributed by atoms with Crippen molar-refractivity contribution < 1.29 is 23.9 Å². The van der Waals surface area contributed by atoms with E-state index in [4.69, 9.17) is 16.3 Å². The second-order valence-electron chi connectivity index (χ2n) is 8.19. The van der Waals surface area contributed by atoms with Gasteiger partial charge in [-0.25, -0.2) is 0 Å². The van der Waals surface area contributed by atoms with Crippen LogP contribution in [0.1, 0.15) is 46.4 Å². The first-order chi connectivity index (χ1) is 18.3. The van der Waals surface area contributed by atoms with Crippen LogP contribution in [-0.4, -0.2) is 40.6 Å². The Kier molecular flexibility index (Phi) is 6.91. The van der Waals surface area contributed by atoms with Crippen molar-refractivity contribution in [3.63, 3.8) is 0 Å². The van der Waals surface area contributed by atoms with E-state index in [1.165, 1.54) is 19.3 Å². The van der Waals surface area contributed by atoms with Gasteiger partial charge in [0, 0.05) is 19.3 Å². The molecule has 38 heavy (non-hydrogen) atoms. The molecule has 190 valence electrons. The number of carbonyl (C=O) groups is 4. The van der Waals surface area contributed by atoms with Crippen molar-refractivity contribution in [1.82, 2.24) is 15.2 Å². The van der Waals surface area contributed by atoms with Crippen molar-refractivity contribution in [2.75, 3.05) is 12.4 Å². The van der Waals surface area contributed by atoms with Crippen molar-refractivity contribution in [2.24, 2.45) is 0 Å². The summed E-state index contributed by atoms with van der Waals surface area (Å²) in [6.45, 7) is -0.00268. The molecule has 2 aromatic heterocycles. The zero-order valence-corrected chi connectivity index (χ0v) is 21.4. The highest BCUT2D eigenvalue weighted by Crippen LogP contribution is 2.32. The molecule has 0 unspecified atom stereocenters. The van der Waals surface area contributed by atoms with Crippen LogP contribution < -0.4 is 15.4 Å². The SMILES string of the molecule is CNC(=O)c1cc(Oc2cccc(CN3C(=O)c4cccc(NC(=O)c5ccc(Cl)s5)c4C3=O)c2)ccn1.